The largest absolute Gasteiger partial charge is 0.352 e. The molecular weight excluding hydrogens is 568 g/mol. The zero-order valence-electron chi connectivity index (χ0n) is 21.7. The van der Waals surface area contributed by atoms with Gasteiger partial charge in [0.2, 0.25) is 11.8 Å². The molecule has 5 rings (SSSR count). The van der Waals surface area contributed by atoms with E-state index < -0.39 is 6.04 Å². The number of pyridine rings is 1. The molecule has 38 heavy (non-hydrogen) atoms. The third kappa shape index (κ3) is 5.51. The van der Waals surface area contributed by atoms with Crippen LogP contribution in [0.4, 0.5) is 0 Å². The predicted molar refractivity (Wildman–Crippen MR) is 150 cm³/mol. The lowest BCUT2D eigenvalue weighted by Crippen LogP contribution is -2.61. The van der Waals surface area contributed by atoms with Gasteiger partial charge in [-0.25, -0.2) is 4.98 Å². The van der Waals surface area contributed by atoms with E-state index in [0.29, 0.717) is 44.2 Å². The number of halogens is 2. The van der Waals surface area contributed by atoms with Gasteiger partial charge in [0.15, 0.2) is 0 Å². The SMILES string of the molecule is CCC(=O)N1CCN(C2c3ccc(Cl)cc3CCc3cc(Br)cnc32)C[C@@H]1C(=O)NCCn1cncc1C. The van der Waals surface area contributed by atoms with Crippen LogP contribution in [0.3, 0.4) is 0 Å². The van der Waals surface area contributed by atoms with Crippen molar-refractivity contribution in [2.24, 2.45) is 0 Å². The van der Waals surface area contributed by atoms with Gasteiger partial charge < -0.3 is 14.8 Å². The van der Waals surface area contributed by atoms with Gasteiger partial charge in [0.1, 0.15) is 6.04 Å². The molecule has 1 unspecified atom stereocenters. The highest BCUT2D eigenvalue weighted by atomic mass is 79.9. The van der Waals surface area contributed by atoms with Gasteiger partial charge in [-0.05, 0) is 70.6 Å². The average Bonchev–Trinajstić information content (AvgIpc) is 3.25. The Kier molecular flexibility index (Phi) is 8.16. The lowest BCUT2D eigenvalue weighted by molar-refractivity contribution is -0.144. The molecule has 10 heteroatoms. The Morgan fingerprint density at radius 3 is 2.74 bits per heavy atom. The van der Waals surface area contributed by atoms with E-state index in [-0.39, 0.29) is 17.9 Å². The fourth-order valence-corrected chi connectivity index (χ4v) is 6.16. The van der Waals surface area contributed by atoms with Gasteiger partial charge in [-0.2, -0.15) is 0 Å². The molecule has 8 nitrogen and oxygen atoms in total. The fourth-order valence-electron chi connectivity index (χ4n) is 5.58. The maximum Gasteiger partial charge on any atom is 0.244 e. The van der Waals surface area contributed by atoms with E-state index in [1.807, 2.05) is 36.7 Å². The molecule has 1 N–H and O–H groups in total. The molecule has 0 saturated carbocycles. The van der Waals surface area contributed by atoms with E-state index in [2.05, 4.69) is 43.3 Å². The Labute approximate surface area is 236 Å². The summed E-state index contributed by atoms with van der Waals surface area (Å²) in [7, 11) is 0. The van der Waals surface area contributed by atoms with Crippen molar-refractivity contribution >= 4 is 39.3 Å². The van der Waals surface area contributed by atoms with Crippen LogP contribution in [0.15, 0.2) is 47.5 Å². The molecule has 2 aliphatic rings. The topological polar surface area (TPSA) is 83.4 Å². The summed E-state index contributed by atoms with van der Waals surface area (Å²) in [5.41, 5.74) is 5.57. The zero-order chi connectivity index (χ0) is 26.8. The number of aryl methyl sites for hydroxylation is 3. The number of carbonyl (C=O) groups excluding carboxylic acids is 2. The Morgan fingerprint density at radius 1 is 1.16 bits per heavy atom. The second-order valence-corrected chi connectivity index (χ2v) is 11.3. The van der Waals surface area contributed by atoms with Crippen molar-refractivity contribution in [3.05, 3.63) is 80.6 Å². The fraction of sp³-hybridized carbons (Fsp3) is 0.429. The van der Waals surface area contributed by atoms with Gasteiger partial charge in [0.25, 0.3) is 0 Å². The number of aromatic nitrogens is 3. The van der Waals surface area contributed by atoms with Gasteiger partial charge in [-0.3, -0.25) is 19.5 Å². The van der Waals surface area contributed by atoms with Crippen LogP contribution < -0.4 is 5.32 Å². The van der Waals surface area contributed by atoms with Crippen molar-refractivity contribution in [1.82, 2.24) is 29.7 Å². The number of hydrogen-bond acceptors (Lipinski definition) is 5. The first-order valence-electron chi connectivity index (χ1n) is 13.1. The number of piperazine rings is 1. The molecule has 0 radical (unpaired) electrons. The number of nitrogens with zero attached hydrogens (tertiary/aromatic N) is 5. The molecule has 2 aromatic heterocycles. The molecular formula is C28H32BrClN6O2. The number of carbonyl (C=O) groups is 2. The number of rotatable bonds is 6. The molecule has 0 bridgehead atoms. The average molecular weight is 600 g/mol. The predicted octanol–water partition coefficient (Wildman–Crippen LogP) is 3.93. The normalized spacial score (nSPS) is 19.4. The second-order valence-electron chi connectivity index (χ2n) is 9.91. The quantitative estimate of drug-likeness (QED) is 0.464. The summed E-state index contributed by atoms with van der Waals surface area (Å²) >= 11 is 9.97. The maximum absolute atomic E-state index is 13.5. The first-order valence-corrected chi connectivity index (χ1v) is 14.2. The zero-order valence-corrected chi connectivity index (χ0v) is 24.0. The number of amides is 2. The van der Waals surface area contributed by atoms with Crippen molar-refractivity contribution in [1.29, 1.82) is 0 Å². The highest BCUT2D eigenvalue weighted by Gasteiger charge is 2.39. The lowest BCUT2D eigenvalue weighted by Gasteiger charge is -2.44. The van der Waals surface area contributed by atoms with E-state index in [9.17, 15) is 9.59 Å². The van der Waals surface area contributed by atoms with Crippen molar-refractivity contribution < 1.29 is 9.59 Å². The smallest absolute Gasteiger partial charge is 0.244 e. The molecule has 3 aromatic rings. The third-order valence-electron chi connectivity index (χ3n) is 7.57. The number of nitrogens with one attached hydrogen (secondary N) is 1. The molecule has 200 valence electrons. The summed E-state index contributed by atoms with van der Waals surface area (Å²) in [4.78, 5) is 39.5. The molecule has 1 saturated heterocycles. The summed E-state index contributed by atoms with van der Waals surface area (Å²) in [6.45, 7) is 6.46. The minimum Gasteiger partial charge on any atom is -0.352 e. The van der Waals surface area contributed by atoms with Gasteiger partial charge in [-0.1, -0.05) is 24.6 Å². The summed E-state index contributed by atoms with van der Waals surface area (Å²) in [6.07, 6.45) is 7.48. The first kappa shape index (κ1) is 26.8. The van der Waals surface area contributed by atoms with Crippen LogP contribution in [0.2, 0.25) is 5.02 Å². The standard InChI is InChI=1S/C28H32BrClN6O2/c1-3-25(37)36-11-10-34(16-24(36)28(38)32-8-9-35-17-31-14-18(35)2)27-23-7-6-22(30)13-19(23)4-5-20-12-21(29)15-33-26(20)27/h6-7,12-15,17,24,27H,3-5,8-11,16H2,1-2H3,(H,32,38)/t24-,27?/m1/s1. The molecule has 2 atom stereocenters. The summed E-state index contributed by atoms with van der Waals surface area (Å²) in [5, 5.41) is 3.78. The van der Waals surface area contributed by atoms with Crippen molar-refractivity contribution in [2.45, 2.75) is 51.7 Å². The molecule has 1 aliphatic heterocycles. The molecule has 1 aliphatic carbocycles. The highest BCUT2D eigenvalue weighted by molar-refractivity contribution is 9.10. The van der Waals surface area contributed by atoms with Crippen molar-refractivity contribution in [3.8, 4) is 0 Å². The van der Waals surface area contributed by atoms with Crippen molar-refractivity contribution in [3.63, 3.8) is 0 Å². The van der Waals surface area contributed by atoms with Crippen LogP contribution >= 0.6 is 27.5 Å². The Morgan fingerprint density at radius 2 is 1.97 bits per heavy atom. The van der Waals surface area contributed by atoms with Crippen molar-refractivity contribution in [2.75, 3.05) is 26.2 Å². The van der Waals surface area contributed by atoms with Crippen LogP contribution in [0.25, 0.3) is 0 Å². The van der Waals surface area contributed by atoms with Crippen LogP contribution in [0.5, 0.6) is 0 Å². The van der Waals surface area contributed by atoms with Gasteiger partial charge in [0, 0.05) is 66.7 Å². The maximum atomic E-state index is 13.5. The van der Waals surface area contributed by atoms with Crippen LogP contribution in [-0.4, -0.2) is 68.4 Å². The van der Waals surface area contributed by atoms with Gasteiger partial charge in [0.05, 0.1) is 18.1 Å². The lowest BCUT2D eigenvalue weighted by atomic mass is 9.95. The molecule has 1 fully saturated rings. The number of hydrogen-bond donors (Lipinski definition) is 1. The van der Waals surface area contributed by atoms with Crippen LogP contribution in [0.1, 0.15) is 47.5 Å². The van der Waals surface area contributed by atoms with E-state index in [0.717, 1.165) is 34.3 Å². The Balaban J connectivity index is 1.44. The van der Waals surface area contributed by atoms with Crippen LogP contribution in [0, 0.1) is 6.92 Å². The second kappa shape index (κ2) is 11.6. The Hall–Kier alpha value is -2.75. The molecule has 1 aromatic carbocycles. The first-order chi connectivity index (χ1) is 18.4. The number of imidazole rings is 1. The molecule has 3 heterocycles. The summed E-state index contributed by atoms with van der Waals surface area (Å²) < 4.78 is 2.94. The third-order valence-corrected chi connectivity index (χ3v) is 8.23. The number of benzene rings is 1. The van der Waals surface area contributed by atoms with Gasteiger partial charge >= 0.3 is 0 Å². The van der Waals surface area contributed by atoms with E-state index in [1.165, 1.54) is 11.1 Å². The highest BCUT2D eigenvalue weighted by Crippen LogP contribution is 2.38. The summed E-state index contributed by atoms with van der Waals surface area (Å²) in [6, 6.07) is 7.49. The van der Waals surface area contributed by atoms with E-state index >= 15 is 0 Å². The minimum absolute atomic E-state index is 0.00856. The van der Waals surface area contributed by atoms with E-state index in [1.54, 1.807) is 17.4 Å². The van der Waals surface area contributed by atoms with E-state index in [4.69, 9.17) is 16.6 Å². The summed E-state index contributed by atoms with van der Waals surface area (Å²) in [5.74, 6) is -0.144. The molecule has 0 spiro atoms. The van der Waals surface area contributed by atoms with Crippen LogP contribution in [-0.2, 0) is 29.0 Å². The molecule has 2 amide bonds. The monoisotopic (exact) mass is 598 g/mol. The minimum atomic E-state index is -0.585. The Bertz CT molecular complexity index is 1290. The van der Waals surface area contributed by atoms with Gasteiger partial charge in [-0.15, -0.1) is 0 Å². The number of fused-ring (bicyclic) bond motifs is 2.